The molecular weight excluding hydrogens is 481 g/mol. The van der Waals surface area contributed by atoms with Crippen molar-refractivity contribution in [3.05, 3.63) is 87.5 Å². The summed E-state index contributed by atoms with van der Waals surface area (Å²) in [5.41, 5.74) is 14.9. The molecule has 3 N–H and O–H groups in total. The van der Waals surface area contributed by atoms with Gasteiger partial charge in [-0.05, 0) is 102 Å². The van der Waals surface area contributed by atoms with Crippen molar-refractivity contribution in [2.75, 3.05) is 44.3 Å². The molecule has 4 nitrogen and oxygen atoms in total. The van der Waals surface area contributed by atoms with E-state index in [4.69, 9.17) is 10.5 Å². The Balaban J connectivity index is 1.44. The lowest BCUT2D eigenvalue weighted by molar-refractivity contribution is 0.198. The minimum atomic E-state index is -0.251. The number of allylic oxidation sites excluding steroid dienone is 2. The summed E-state index contributed by atoms with van der Waals surface area (Å²) in [5, 5.41) is 4.86. The van der Waals surface area contributed by atoms with Crippen molar-refractivity contribution in [2.45, 2.75) is 45.1 Å². The number of halogens is 1. The molecule has 1 unspecified atom stereocenters. The highest BCUT2D eigenvalue weighted by Gasteiger charge is 2.25. The number of hydrogen-bond donors (Lipinski definition) is 2. The van der Waals surface area contributed by atoms with Gasteiger partial charge >= 0.3 is 0 Å². The molecule has 0 spiro atoms. The van der Waals surface area contributed by atoms with Crippen LogP contribution in [0.25, 0.3) is 5.57 Å². The number of ether oxygens (including phenoxy) is 1. The average molecular weight is 520 g/mol. The highest BCUT2D eigenvalue weighted by atomic mass is 32.2. The second-order valence-electron chi connectivity index (χ2n) is 10.0. The van der Waals surface area contributed by atoms with Gasteiger partial charge in [-0.3, -0.25) is 9.29 Å². The Morgan fingerprint density at radius 3 is 2.76 bits per heavy atom. The molecular formula is C31H38FN3OS. The van der Waals surface area contributed by atoms with Crippen LogP contribution in [0.3, 0.4) is 0 Å². The maximum absolute atomic E-state index is 12.5. The molecule has 0 saturated carbocycles. The van der Waals surface area contributed by atoms with Crippen LogP contribution in [0.5, 0.6) is 5.75 Å². The van der Waals surface area contributed by atoms with E-state index >= 15 is 0 Å². The van der Waals surface area contributed by atoms with Gasteiger partial charge in [0.15, 0.2) is 0 Å². The molecule has 6 heteroatoms. The van der Waals surface area contributed by atoms with Crippen molar-refractivity contribution < 1.29 is 9.13 Å². The van der Waals surface area contributed by atoms with E-state index in [2.05, 4.69) is 65.7 Å². The molecule has 3 aliphatic rings. The second-order valence-corrected chi connectivity index (χ2v) is 11.3. The van der Waals surface area contributed by atoms with Crippen LogP contribution in [0, 0.1) is 0 Å². The number of nitrogens with two attached hydrogens (primary N) is 1. The first-order valence-corrected chi connectivity index (χ1v) is 14.6. The fourth-order valence-corrected chi connectivity index (χ4v) is 6.32. The van der Waals surface area contributed by atoms with Crippen molar-refractivity contribution in [3.8, 4) is 5.75 Å². The van der Waals surface area contributed by atoms with E-state index in [1.54, 1.807) is 0 Å². The Bertz CT molecular complexity index is 1190. The smallest absolute Gasteiger partial charge is 0.119 e. The molecule has 2 aliphatic heterocycles. The minimum absolute atomic E-state index is 0.169. The fourth-order valence-electron chi connectivity index (χ4n) is 5.67. The third kappa shape index (κ3) is 6.24. The summed E-state index contributed by atoms with van der Waals surface area (Å²) in [6, 6.07) is 15.0. The van der Waals surface area contributed by atoms with Gasteiger partial charge in [0, 0.05) is 31.9 Å². The Hall–Kier alpha value is -2.70. The maximum atomic E-state index is 12.5. The van der Waals surface area contributed by atoms with Gasteiger partial charge in [-0.25, -0.2) is 0 Å². The van der Waals surface area contributed by atoms with Crippen LogP contribution in [-0.2, 0) is 6.42 Å². The average Bonchev–Trinajstić information content (AvgIpc) is 3.27. The predicted molar refractivity (Wildman–Crippen MR) is 155 cm³/mol. The number of aryl methyl sites for hydroxylation is 1. The van der Waals surface area contributed by atoms with Crippen LogP contribution < -0.4 is 15.8 Å². The van der Waals surface area contributed by atoms with Gasteiger partial charge in [0.25, 0.3) is 0 Å². The van der Waals surface area contributed by atoms with Crippen LogP contribution >= 0.6 is 11.8 Å². The molecule has 1 atom stereocenters. The number of nitrogens with one attached hydrogen (secondary N) is 1. The number of fused-ring (bicyclic) bond motifs is 1. The summed E-state index contributed by atoms with van der Waals surface area (Å²) in [5.74, 6) is 1.97. The number of hydrogen-bond acceptors (Lipinski definition) is 5. The third-order valence-electron chi connectivity index (χ3n) is 7.43. The number of likely N-dealkylation sites (tertiary alicyclic amines) is 1. The lowest BCUT2D eigenvalue weighted by Crippen LogP contribution is -2.26. The minimum Gasteiger partial charge on any atom is -0.489 e. The van der Waals surface area contributed by atoms with Crippen molar-refractivity contribution in [3.63, 3.8) is 0 Å². The number of anilines is 1. The number of rotatable bonds is 9. The summed E-state index contributed by atoms with van der Waals surface area (Å²) < 4.78 is 18.9. The van der Waals surface area contributed by atoms with E-state index in [0.29, 0.717) is 6.42 Å². The molecule has 0 radical (unpaired) electrons. The van der Waals surface area contributed by atoms with E-state index in [1.165, 1.54) is 38.4 Å². The Labute approximate surface area is 224 Å². The zero-order valence-corrected chi connectivity index (χ0v) is 22.6. The van der Waals surface area contributed by atoms with Gasteiger partial charge in [0.1, 0.15) is 11.9 Å². The lowest BCUT2D eigenvalue weighted by Gasteiger charge is -2.22. The number of alkyl halides is 1. The van der Waals surface area contributed by atoms with Gasteiger partial charge in [-0.1, -0.05) is 31.2 Å². The predicted octanol–water partition coefficient (Wildman–Crippen LogP) is 6.34. The van der Waals surface area contributed by atoms with Gasteiger partial charge in [0.05, 0.1) is 11.7 Å². The Morgan fingerprint density at radius 1 is 1.14 bits per heavy atom. The molecule has 0 aromatic heterocycles. The standard InChI is InChI=1S/C31H38FN3OS/c1-2-37-30-14-9-24(20-34-30)28-6-3-5-23-19-25(33)10-13-29(23)31(28)22-7-11-26(12-8-22)36-27-15-18-35(21-27)17-4-16-32/h7-14,19,27,34H,2-6,15-18,20-21,33H2,1H3. The maximum Gasteiger partial charge on any atom is 0.119 e. The van der Waals surface area contributed by atoms with Crippen molar-refractivity contribution in [1.82, 2.24) is 10.2 Å². The molecule has 1 saturated heterocycles. The van der Waals surface area contributed by atoms with Crippen LogP contribution in [0.1, 0.15) is 49.3 Å². The van der Waals surface area contributed by atoms with E-state index in [9.17, 15) is 4.39 Å². The number of thioether (sulfide) groups is 1. The van der Waals surface area contributed by atoms with Crippen molar-refractivity contribution >= 4 is 23.0 Å². The molecule has 1 aliphatic carbocycles. The van der Waals surface area contributed by atoms with Gasteiger partial charge < -0.3 is 15.8 Å². The monoisotopic (exact) mass is 519 g/mol. The van der Waals surface area contributed by atoms with Crippen LogP contribution in [0.15, 0.2) is 70.8 Å². The van der Waals surface area contributed by atoms with Gasteiger partial charge in [0.2, 0.25) is 0 Å². The molecule has 5 rings (SSSR count). The number of dihydropyridines is 1. The first-order chi connectivity index (χ1) is 18.1. The summed E-state index contributed by atoms with van der Waals surface area (Å²) in [6.07, 6.45) is 9.47. The summed E-state index contributed by atoms with van der Waals surface area (Å²) in [6.45, 7) is 5.45. The zero-order chi connectivity index (χ0) is 25.6. The quantitative estimate of drug-likeness (QED) is 0.379. The number of nitrogen functional groups attached to an aromatic ring is 1. The molecule has 0 bridgehead atoms. The summed E-state index contributed by atoms with van der Waals surface area (Å²) in [4.78, 5) is 2.30. The summed E-state index contributed by atoms with van der Waals surface area (Å²) in [7, 11) is 0. The molecule has 2 aromatic carbocycles. The molecule has 2 aromatic rings. The first-order valence-electron chi connectivity index (χ1n) is 13.6. The molecule has 37 heavy (non-hydrogen) atoms. The Morgan fingerprint density at radius 2 is 2.00 bits per heavy atom. The van der Waals surface area contributed by atoms with Crippen molar-refractivity contribution in [1.29, 1.82) is 0 Å². The molecule has 0 amide bonds. The summed E-state index contributed by atoms with van der Waals surface area (Å²) >= 11 is 1.85. The normalized spacial score (nSPS) is 20.1. The fraction of sp³-hybridized carbons (Fsp3) is 0.419. The van der Waals surface area contributed by atoms with Crippen molar-refractivity contribution in [2.24, 2.45) is 0 Å². The molecule has 196 valence electrons. The van der Waals surface area contributed by atoms with E-state index < -0.39 is 0 Å². The number of nitrogens with zero attached hydrogens (tertiary/aromatic N) is 1. The van der Waals surface area contributed by atoms with Crippen LogP contribution in [0.2, 0.25) is 0 Å². The third-order valence-corrected chi connectivity index (χ3v) is 8.31. The number of benzene rings is 2. The first kappa shape index (κ1) is 25.9. The highest BCUT2D eigenvalue weighted by molar-refractivity contribution is 8.02. The largest absolute Gasteiger partial charge is 0.489 e. The van der Waals surface area contributed by atoms with Crippen LogP contribution in [0.4, 0.5) is 10.1 Å². The van der Waals surface area contributed by atoms with Gasteiger partial charge in [-0.15, -0.1) is 11.8 Å². The van der Waals surface area contributed by atoms with Crippen LogP contribution in [-0.4, -0.2) is 49.6 Å². The second kappa shape index (κ2) is 12.2. The zero-order valence-electron chi connectivity index (χ0n) is 21.8. The highest BCUT2D eigenvalue weighted by Crippen LogP contribution is 2.40. The van der Waals surface area contributed by atoms with E-state index in [-0.39, 0.29) is 12.8 Å². The molecule has 2 heterocycles. The van der Waals surface area contributed by atoms with E-state index in [1.807, 2.05) is 17.8 Å². The Kier molecular flexibility index (Phi) is 8.57. The topological polar surface area (TPSA) is 50.5 Å². The molecule has 1 fully saturated rings. The van der Waals surface area contributed by atoms with E-state index in [0.717, 1.165) is 69.1 Å². The lowest BCUT2D eigenvalue weighted by atomic mass is 9.87. The van der Waals surface area contributed by atoms with Gasteiger partial charge in [-0.2, -0.15) is 0 Å². The SMILES string of the molecule is CCSC1=CC=C(C2=C(c3ccc(OC4CCN(CCCF)C4)cc3)c3ccc(N)cc3CCC2)CN1.